The third-order valence-electron chi connectivity index (χ3n) is 3.01. The number of carbonyl (C=O) groups excluding carboxylic acids is 1. The molecule has 1 saturated heterocycles. The van der Waals surface area contributed by atoms with Crippen LogP contribution in [0.5, 0.6) is 0 Å². The summed E-state index contributed by atoms with van der Waals surface area (Å²) in [7, 11) is 0. The van der Waals surface area contributed by atoms with E-state index in [-0.39, 0.29) is 11.9 Å². The Balaban J connectivity index is 2.09. The molecule has 0 spiro atoms. The van der Waals surface area contributed by atoms with Gasteiger partial charge in [-0.05, 0) is 12.5 Å². The average molecular weight is 273 g/mol. The molecule has 19 heavy (non-hydrogen) atoms. The zero-order valence-electron chi connectivity index (χ0n) is 10.4. The lowest BCUT2D eigenvalue weighted by Gasteiger charge is -2.19. The predicted molar refractivity (Wildman–Crippen MR) is 63.7 cm³/mol. The molecule has 0 aliphatic carbocycles. The quantitative estimate of drug-likeness (QED) is 0.894. The highest BCUT2D eigenvalue weighted by Crippen LogP contribution is 2.31. The molecule has 2 heterocycles. The van der Waals surface area contributed by atoms with E-state index in [1.165, 1.54) is 13.1 Å². The number of aromatic nitrogens is 1. The second-order valence-corrected chi connectivity index (χ2v) is 4.56. The van der Waals surface area contributed by atoms with E-state index in [0.29, 0.717) is 18.8 Å². The molecule has 1 aromatic heterocycles. The van der Waals surface area contributed by atoms with Crippen molar-refractivity contribution in [3.05, 3.63) is 24.0 Å². The first-order valence-corrected chi connectivity index (χ1v) is 5.90. The fraction of sp³-hybridized carbons (Fsp3) is 0.500. The molecule has 1 fully saturated rings. The number of hydrogen-bond donors (Lipinski definition) is 1. The van der Waals surface area contributed by atoms with E-state index in [4.69, 9.17) is 0 Å². The molecule has 1 unspecified atom stereocenters. The maximum absolute atomic E-state index is 12.6. The fourth-order valence-corrected chi connectivity index (χ4v) is 2.16. The number of halogens is 3. The van der Waals surface area contributed by atoms with Crippen molar-refractivity contribution in [1.82, 2.24) is 10.3 Å². The van der Waals surface area contributed by atoms with E-state index in [2.05, 4.69) is 10.3 Å². The van der Waals surface area contributed by atoms with Crippen LogP contribution in [0, 0.1) is 0 Å². The van der Waals surface area contributed by atoms with Gasteiger partial charge in [0.15, 0.2) is 0 Å². The van der Waals surface area contributed by atoms with Crippen molar-refractivity contribution in [1.29, 1.82) is 0 Å². The van der Waals surface area contributed by atoms with Crippen molar-refractivity contribution in [2.24, 2.45) is 0 Å². The van der Waals surface area contributed by atoms with Crippen LogP contribution in [0.2, 0.25) is 0 Å². The molecule has 1 amide bonds. The molecule has 0 bridgehead atoms. The highest BCUT2D eigenvalue weighted by molar-refractivity contribution is 5.73. The largest absolute Gasteiger partial charge is 0.417 e. The predicted octanol–water partition coefficient (Wildman–Crippen LogP) is 1.82. The van der Waals surface area contributed by atoms with E-state index in [1.54, 1.807) is 4.90 Å². The molecule has 2 rings (SSSR count). The SMILES string of the molecule is CC(=O)NC1CCN(c2cncc(C(F)(F)F)c2)C1. The molecular weight excluding hydrogens is 259 g/mol. The Morgan fingerprint density at radius 2 is 2.21 bits per heavy atom. The zero-order chi connectivity index (χ0) is 14.0. The van der Waals surface area contributed by atoms with Crippen LogP contribution in [0.1, 0.15) is 18.9 Å². The number of amides is 1. The van der Waals surface area contributed by atoms with Gasteiger partial charge in [-0.2, -0.15) is 13.2 Å². The molecular formula is C12H14F3N3O. The van der Waals surface area contributed by atoms with Crippen molar-refractivity contribution in [3.8, 4) is 0 Å². The van der Waals surface area contributed by atoms with Crippen LogP contribution in [-0.4, -0.2) is 30.0 Å². The summed E-state index contributed by atoms with van der Waals surface area (Å²) in [5.74, 6) is -0.131. The molecule has 7 heteroatoms. The van der Waals surface area contributed by atoms with Crippen LogP contribution in [0.15, 0.2) is 18.5 Å². The molecule has 0 radical (unpaired) electrons. The third-order valence-corrected chi connectivity index (χ3v) is 3.01. The van der Waals surface area contributed by atoms with E-state index < -0.39 is 11.7 Å². The second-order valence-electron chi connectivity index (χ2n) is 4.56. The standard InChI is InChI=1S/C12H14F3N3O/c1-8(19)17-10-2-3-18(7-10)11-4-9(5-16-6-11)12(13,14)15/h4-6,10H,2-3,7H2,1H3,(H,17,19). The van der Waals surface area contributed by atoms with E-state index in [0.717, 1.165) is 18.7 Å². The van der Waals surface area contributed by atoms with Gasteiger partial charge in [-0.3, -0.25) is 9.78 Å². The van der Waals surface area contributed by atoms with Gasteiger partial charge in [-0.15, -0.1) is 0 Å². The van der Waals surface area contributed by atoms with Gasteiger partial charge < -0.3 is 10.2 Å². The van der Waals surface area contributed by atoms with Crippen LogP contribution < -0.4 is 10.2 Å². The van der Waals surface area contributed by atoms with Crippen LogP contribution >= 0.6 is 0 Å². The van der Waals surface area contributed by atoms with Crippen molar-refractivity contribution in [3.63, 3.8) is 0 Å². The van der Waals surface area contributed by atoms with Crippen molar-refractivity contribution in [2.75, 3.05) is 18.0 Å². The first kappa shape index (κ1) is 13.6. The number of hydrogen-bond acceptors (Lipinski definition) is 3. The molecule has 0 saturated carbocycles. The summed E-state index contributed by atoms with van der Waals surface area (Å²) < 4.78 is 37.8. The van der Waals surface area contributed by atoms with E-state index in [9.17, 15) is 18.0 Å². The molecule has 4 nitrogen and oxygen atoms in total. The normalized spacial score (nSPS) is 19.6. The van der Waals surface area contributed by atoms with E-state index >= 15 is 0 Å². The summed E-state index contributed by atoms with van der Waals surface area (Å²) in [5, 5.41) is 2.76. The Labute approximate surface area is 108 Å². The van der Waals surface area contributed by atoms with Crippen LogP contribution in [-0.2, 0) is 11.0 Å². The summed E-state index contributed by atoms with van der Waals surface area (Å²) in [5.41, 5.74) is -0.323. The molecule has 1 aromatic rings. The summed E-state index contributed by atoms with van der Waals surface area (Å²) >= 11 is 0. The Morgan fingerprint density at radius 3 is 2.84 bits per heavy atom. The first-order valence-electron chi connectivity index (χ1n) is 5.90. The lowest BCUT2D eigenvalue weighted by molar-refractivity contribution is -0.137. The molecule has 104 valence electrons. The van der Waals surface area contributed by atoms with Crippen LogP contribution in [0.3, 0.4) is 0 Å². The number of nitrogens with zero attached hydrogens (tertiary/aromatic N) is 2. The number of anilines is 1. The van der Waals surface area contributed by atoms with Gasteiger partial charge in [0.2, 0.25) is 5.91 Å². The van der Waals surface area contributed by atoms with Crippen LogP contribution in [0.25, 0.3) is 0 Å². The number of carbonyl (C=O) groups is 1. The van der Waals surface area contributed by atoms with Gasteiger partial charge in [0.05, 0.1) is 17.4 Å². The number of nitrogens with one attached hydrogen (secondary N) is 1. The summed E-state index contributed by atoms with van der Waals surface area (Å²) in [6.45, 7) is 2.53. The number of pyridine rings is 1. The van der Waals surface area contributed by atoms with Gasteiger partial charge in [-0.25, -0.2) is 0 Å². The molecule has 0 aromatic carbocycles. The van der Waals surface area contributed by atoms with Gasteiger partial charge in [0, 0.05) is 32.3 Å². The third kappa shape index (κ3) is 3.36. The lowest BCUT2D eigenvalue weighted by atomic mass is 10.2. The van der Waals surface area contributed by atoms with Crippen molar-refractivity contribution in [2.45, 2.75) is 25.6 Å². The van der Waals surface area contributed by atoms with Crippen LogP contribution in [0.4, 0.5) is 18.9 Å². The second kappa shape index (κ2) is 5.07. The van der Waals surface area contributed by atoms with Gasteiger partial charge >= 0.3 is 6.18 Å². The number of rotatable bonds is 2. The minimum Gasteiger partial charge on any atom is -0.368 e. The first-order chi connectivity index (χ1) is 8.86. The van der Waals surface area contributed by atoms with Crippen molar-refractivity contribution < 1.29 is 18.0 Å². The number of alkyl halides is 3. The summed E-state index contributed by atoms with van der Waals surface area (Å²) in [4.78, 5) is 16.4. The summed E-state index contributed by atoms with van der Waals surface area (Å²) in [6, 6.07) is 1.07. The Bertz CT molecular complexity index is 476. The van der Waals surface area contributed by atoms with Gasteiger partial charge in [-0.1, -0.05) is 0 Å². The van der Waals surface area contributed by atoms with Gasteiger partial charge in [0.25, 0.3) is 0 Å². The monoisotopic (exact) mass is 273 g/mol. The lowest BCUT2D eigenvalue weighted by Crippen LogP contribution is -2.35. The zero-order valence-corrected chi connectivity index (χ0v) is 10.4. The summed E-state index contributed by atoms with van der Waals surface area (Å²) in [6.07, 6.45) is -1.45. The maximum atomic E-state index is 12.6. The Morgan fingerprint density at radius 1 is 1.47 bits per heavy atom. The smallest absolute Gasteiger partial charge is 0.368 e. The molecule has 1 N–H and O–H groups in total. The minimum atomic E-state index is -4.39. The topological polar surface area (TPSA) is 45.2 Å². The average Bonchev–Trinajstić information content (AvgIpc) is 2.76. The molecule has 1 aliphatic rings. The molecule has 1 aliphatic heterocycles. The Kier molecular flexibility index (Phi) is 3.64. The maximum Gasteiger partial charge on any atom is 0.417 e. The highest BCUT2D eigenvalue weighted by atomic mass is 19.4. The minimum absolute atomic E-state index is 0.0213. The van der Waals surface area contributed by atoms with E-state index in [1.807, 2.05) is 0 Å². The van der Waals surface area contributed by atoms with Crippen molar-refractivity contribution >= 4 is 11.6 Å². The Hall–Kier alpha value is -1.79. The highest BCUT2D eigenvalue weighted by Gasteiger charge is 2.32. The fourth-order valence-electron chi connectivity index (χ4n) is 2.16. The van der Waals surface area contributed by atoms with Gasteiger partial charge in [0.1, 0.15) is 0 Å². The molecule has 1 atom stereocenters.